The quantitative estimate of drug-likeness (QED) is 0.467. The maximum atomic E-state index is 12.8. The maximum absolute atomic E-state index is 12.8. The van der Waals surface area contributed by atoms with Crippen molar-refractivity contribution in [1.82, 2.24) is 19.1 Å². The number of carbonyl (C=O) groups is 1. The second-order valence-corrected chi connectivity index (χ2v) is 10.7. The van der Waals surface area contributed by atoms with E-state index in [2.05, 4.69) is 15.5 Å². The molecule has 2 aromatic carbocycles. The van der Waals surface area contributed by atoms with Gasteiger partial charge in [-0.1, -0.05) is 48.2 Å². The minimum absolute atomic E-state index is 0.145. The van der Waals surface area contributed by atoms with Crippen molar-refractivity contribution in [2.24, 2.45) is 0 Å². The summed E-state index contributed by atoms with van der Waals surface area (Å²) in [5, 5.41) is 12.1. The Balaban J connectivity index is 1.38. The summed E-state index contributed by atoms with van der Waals surface area (Å²) >= 11 is 1.31. The summed E-state index contributed by atoms with van der Waals surface area (Å²) in [5.41, 5.74) is 1.61. The minimum atomic E-state index is -3.53. The molecule has 1 aromatic heterocycles. The Morgan fingerprint density at radius 1 is 1.06 bits per heavy atom. The lowest BCUT2D eigenvalue weighted by Crippen LogP contribution is -2.28. The number of anilines is 1. The number of amides is 1. The topological polar surface area (TPSA) is 97.2 Å². The molecule has 0 bridgehead atoms. The van der Waals surface area contributed by atoms with E-state index in [-0.39, 0.29) is 16.6 Å². The van der Waals surface area contributed by atoms with Gasteiger partial charge in [-0.2, -0.15) is 4.31 Å². The normalized spacial score (nSPS) is 14.5. The number of hydrogen-bond acceptors (Lipinski definition) is 6. The molecule has 4 rings (SSSR count). The van der Waals surface area contributed by atoms with Gasteiger partial charge in [0.15, 0.2) is 5.16 Å². The van der Waals surface area contributed by atoms with Crippen LogP contribution in [0.4, 0.5) is 5.69 Å². The van der Waals surface area contributed by atoms with Crippen LogP contribution in [0.25, 0.3) is 0 Å². The maximum Gasteiger partial charge on any atom is 0.243 e. The zero-order valence-electron chi connectivity index (χ0n) is 18.5. The third-order valence-electron chi connectivity index (χ3n) is 5.47. The number of aromatic nitrogens is 3. The average molecular weight is 486 g/mol. The fraction of sp³-hybridized carbons (Fsp3) is 0.348. The van der Waals surface area contributed by atoms with E-state index in [4.69, 9.17) is 0 Å². The minimum Gasteiger partial charge on any atom is -0.325 e. The van der Waals surface area contributed by atoms with Crippen LogP contribution in [0, 0.1) is 0 Å². The van der Waals surface area contributed by atoms with Crippen LogP contribution < -0.4 is 5.32 Å². The van der Waals surface area contributed by atoms with Crippen molar-refractivity contribution in [1.29, 1.82) is 0 Å². The summed E-state index contributed by atoms with van der Waals surface area (Å²) in [7, 11) is -3.53. The molecule has 0 aliphatic carbocycles. The van der Waals surface area contributed by atoms with E-state index < -0.39 is 10.0 Å². The average Bonchev–Trinajstić information content (AvgIpc) is 3.49. The number of sulfonamides is 1. The molecule has 0 atom stereocenters. The van der Waals surface area contributed by atoms with Gasteiger partial charge in [0.25, 0.3) is 0 Å². The number of hydrogen-bond donors (Lipinski definition) is 1. The summed E-state index contributed by atoms with van der Waals surface area (Å²) in [6, 6.07) is 16.5. The van der Waals surface area contributed by atoms with E-state index in [1.54, 1.807) is 18.2 Å². The molecule has 2 heterocycles. The van der Waals surface area contributed by atoms with Crippen LogP contribution in [0.1, 0.15) is 31.2 Å². The highest BCUT2D eigenvalue weighted by Crippen LogP contribution is 2.24. The molecular weight excluding hydrogens is 458 g/mol. The first-order chi connectivity index (χ1) is 16.0. The highest BCUT2D eigenvalue weighted by Gasteiger charge is 2.27. The van der Waals surface area contributed by atoms with Gasteiger partial charge in [0.05, 0.1) is 10.6 Å². The van der Waals surface area contributed by atoms with Crippen LogP contribution in [0.2, 0.25) is 0 Å². The number of benzene rings is 2. The van der Waals surface area contributed by atoms with Gasteiger partial charge >= 0.3 is 0 Å². The van der Waals surface area contributed by atoms with E-state index in [1.165, 1.54) is 22.1 Å². The third kappa shape index (κ3) is 5.63. The van der Waals surface area contributed by atoms with Crippen LogP contribution in [-0.2, 0) is 27.8 Å². The lowest BCUT2D eigenvalue weighted by atomic mass is 10.1. The summed E-state index contributed by atoms with van der Waals surface area (Å²) in [6.45, 7) is 3.81. The molecule has 8 nitrogen and oxygen atoms in total. The number of thioether (sulfide) groups is 1. The fourth-order valence-electron chi connectivity index (χ4n) is 3.79. The van der Waals surface area contributed by atoms with Crippen LogP contribution in [0.5, 0.6) is 0 Å². The van der Waals surface area contributed by atoms with E-state index in [0.29, 0.717) is 36.9 Å². The standard InChI is InChI=1S/C23H27N5O3S2/c1-2-28-21(15-18-9-4-3-5-10-18)25-26-23(28)32-17-22(29)24-19-11-8-12-20(16-19)33(30,31)27-13-6-7-14-27/h3-5,8-12,16H,2,6-7,13-15,17H2,1H3,(H,24,29). The first-order valence-electron chi connectivity index (χ1n) is 11.0. The van der Waals surface area contributed by atoms with Gasteiger partial charge < -0.3 is 9.88 Å². The molecule has 1 amide bonds. The third-order valence-corrected chi connectivity index (χ3v) is 8.33. The second kappa shape index (κ2) is 10.5. The Bertz CT molecular complexity index is 1210. The van der Waals surface area contributed by atoms with Crippen molar-refractivity contribution in [2.45, 2.75) is 42.8 Å². The lowest BCUT2D eigenvalue weighted by molar-refractivity contribution is -0.113. The van der Waals surface area contributed by atoms with Crippen molar-refractivity contribution in [3.63, 3.8) is 0 Å². The number of nitrogens with zero attached hydrogens (tertiary/aromatic N) is 4. The molecule has 1 fully saturated rings. The first kappa shape index (κ1) is 23.5. The Kier molecular flexibility index (Phi) is 7.46. The largest absolute Gasteiger partial charge is 0.325 e. The smallest absolute Gasteiger partial charge is 0.243 e. The number of nitrogens with one attached hydrogen (secondary N) is 1. The molecule has 0 saturated carbocycles. The van der Waals surface area contributed by atoms with Crippen molar-refractivity contribution in [2.75, 3.05) is 24.2 Å². The second-order valence-electron chi connectivity index (χ2n) is 7.78. The van der Waals surface area contributed by atoms with Gasteiger partial charge in [-0.3, -0.25) is 4.79 Å². The molecule has 33 heavy (non-hydrogen) atoms. The summed E-state index contributed by atoms with van der Waals surface area (Å²) in [5.74, 6) is 0.768. The zero-order valence-corrected chi connectivity index (χ0v) is 20.1. The molecule has 0 spiro atoms. The lowest BCUT2D eigenvalue weighted by Gasteiger charge is -2.16. The summed E-state index contributed by atoms with van der Waals surface area (Å²) < 4.78 is 29.1. The van der Waals surface area contributed by atoms with Crippen molar-refractivity contribution < 1.29 is 13.2 Å². The van der Waals surface area contributed by atoms with Crippen LogP contribution in [0.15, 0.2) is 64.6 Å². The van der Waals surface area contributed by atoms with E-state index in [0.717, 1.165) is 24.2 Å². The van der Waals surface area contributed by atoms with Gasteiger partial charge in [-0.05, 0) is 43.5 Å². The predicted molar refractivity (Wildman–Crippen MR) is 129 cm³/mol. The van der Waals surface area contributed by atoms with E-state index >= 15 is 0 Å². The number of rotatable bonds is 9. The predicted octanol–water partition coefficient (Wildman–Crippen LogP) is 3.40. The monoisotopic (exact) mass is 485 g/mol. The summed E-state index contributed by atoms with van der Waals surface area (Å²) in [4.78, 5) is 12.8. The summed E-state index contributed by atoms with van der Waals surface area (Å²) in [6.07, 6.45) is 2.43. The highest BCUT2D eigenvalue weighted by molar-refractivity contribution is 7.99. The molecule has 1 saturated heterocycles. The highest BCUT2D eigenvalue weighted by atomic mass is 32.2. The van der Waals surface area contributed by atoms with Crippen LogP contribution >= 0.6 is 11.8 Å². The van der Waals surface area contributed by atoms with Gasteiger partial charge in [-0.15, -0.1) is 10.2 Å². The molecule has 174 valence electrons. The SMILES string of the molecule is CCn1c(Cc2ccccc2)nnc1SCC(=O)Nc1cccc(S(=O)(=O)N2CCCC2)c1. The molecule has 3 aromatic rings. The molecule has 10 heteroatoms. The van der Waals surface area contributed by atoms with Gasteiger partial charge in [-0.25, -0.2) is 8.42 Å². The Hall–Kier alpha value is -2.69. The van der Waals surface area contributed by atoms with Crippen molar-refractivity contribution in [3.05, 3.63) is 66.0 Å². The molecular formula is C23H27N5O3S2. The molecule has 0 radical (unpaired) electrons. The van der Waals surface area contributed by atoms with E-state index in [9.17, 15) is 13.2 Å². The van der Waals surface area contributed by atoms with Gasteiger partial charge in [0.2, 0.25) is 15.9 Å². The van der Waals surface area contributed by atoms with Crippen LogP contribution in [-0.4, -0.2) is 52.2 Å². The van der Waals surface area contributed by atoms with Gasteiger partial charge in [0.1, 0.15) is 5.82 Å². The van der Waals surface area contributed by atoms with Crippen molar-refractivity contribution in [3.8, 4) is 0 Å². The zero-order chi connectivity index (χ0) is 23.3. The number of carbonyl (C=O) groups excluding carboxylic acids is 1. The Morgan fingerprint density at radius 3 is 2.55 bits per heavy atom. The fourth-order valence-corrected chi connectivity index (χ4v) is 6.18. The first-order valence-corrected chi connectivity index (χ1v) is 13.4. The van der Waals surface area contributed by atoms with Crippen molar-refractivity contribution >= 4 is 33.4 Å². The Labute approximate surface area is 198 Å². The van der Waals surface area contributed by atoms with Gasteiger partial charge in [0, 0.05) is 31.7 Å². The van der Waals surface area contributed by atoms with Crippen LogP contribution in [0.3, 0.4) is 0 Å². The molecule has 1 aliphatic rings. The Morgan fingerprint density at radius 2 is 1.82 bits per heavy atom. The molecule has 1 N–H and O–H groups in total. The van der Waals surface area contributed by atoms with E-state index in [1.807, 2.05) is 41.8 Å². The molecule has 0 unspecified atom stereocenters. The molecule has 1 aliphatic heterocycles.